The molecule has 0 aliphatic heterocycles. The fourth-order valence-electron chi connectivity index (χ4n) is 0.905. The van der Waals surface area contributed by atoms with Gasteiger partial charge in [-0.25, -0.2) is 14.4 Å². The smallest absolute Gasteiger partial charge is 0.159 e. The van der Waals surface area contributed by atoms with E-state index in [2.05, 4.69) is 30.7 Å². The highest BCUT2D eigenvalue weighted by atomic mass is 19.1. The lowest BCUT2D eigenvalue weighted by Gasteiger charge is -2.15. The summed E-state index contributed by atoms with van der Waals surface area (Å²) in [4.78, 5) is 7.76. The van der Waals surface area contributed by atoms with Gasteiger partial charge in [0.1, 0.15) is 5.82 Å². The van der Waals surface area contributed by atoms with Gasteiger partial charge in [0.25, 0.3) is 0 Å². The van der Waals surface area contributed by atoms with Crippen molar-refractivity contribution < 1.29 is 4.39 Å². The maximum atomic E-state index is 12.4. The van der Waals surface area contributed by atoms with Crippen molar-refractivity contribution in [2.75, 3.05) is 0 Å². The van der Waals surface area contributed by atoms with Crippen LogP contribution in [-0.4, -0.2) is 9.97 Å². The molecular weight excluding hydrogens is 155 g/mol. The number of halogens is 1. The largest absolute Gasteiger partial charge is 0.238 e. The summed E-state index contributed by atoms with van der Waals surface area (Å²) in [5.41, 5.74) is 0.151. The lowest BCUT2D eigenvalue weighted by atomic mass is 9.92. The van der Waals surface area contributed by atoms with Crippen molar-refractivity contribution in [1.29, 1.82) is 0 Å². The number of rotatable bonds is 1. The van der Waals surface area contributed by atoms with Gasteiger partial charge in [0.15, 0.2) is 5.82 Å². The third-order valence-corrected chi connectivity index (χ3v) is 1.36. The van der Waals surface area contributed by atoms with Crippen LogP contribution in [0.4, 0.5) is 4.39 Å². The summed E-state index contributed by atoms with van der Waals surface area (Å²) < 4.78 is 12.4. The molecule has 0 saturated carbocycles. The molecule has 1 aromatic heterocycles. The second-order valence-electron chi connectivity index (χ2n) is 4.05. The minimum Gasteiger partial charge on any atom is -0.238 e. The van der Waals surface area contributed by atoms with Gasteiger partial charge >= 0.3 is 0 Å². The van der Waals surface area contributed by atoms with Gasteiger partial charge < -0.3 is 0 Å². The molecule has 2 nitrogen and oxygen atoms in total. The minimum atomic E-state index is -0.382. The first kappa shape index (κ1) is 9.10. The first-order chi connectivity index (χ1) is 5.47. The molecule has 0 aliphatic rings. The monoisotopic (exact) mass is 168 g/mol. The third kappa shape index (κ3) is 2.95. The fraction of sp³-hybridized carbons (Fsp3) is 0.556. The SMILES string of the molecule is CC(C)(C)Cc1ncc(F)cn1. The van der Waals surface area contributed by atoms with Crippen molar-refractivity contribution in [3.05, 3.63) is 24.0 Å². The summed E-state index contributed by atoms with van der Waals surface area (Å²) >= 11 is 0. The molecule has 0 unspecified atom stereocenters. The highest BCUT2D eigenvalue weighted by molar-refractivity contribution is 4.93. The van der Waals surface area contributed by atoms with E-state index in [4.69, 9.17) is 0 Å². The van der Waals surface area contributed by atoms with E-state index in [1.54, 1.807) is 0 Å². The highest BCUT2D eigenvalue weighted by Crippen LogP contribution is 2.17. The molecular formula is C9H13FN2. The van der Waals surface area contributed by atoms with Crippen LogP contribution in [-0.2, 0) is 6.42 Å². The number of aromatic nitrogens is 2. The molecule has 0 fully saturated rings. The predicted octanol–water partition coefficient (Wildman–Crippen LogP) is 2.20. The first-order valence-electron chi connectivity index (χ1n) is 3.94. The molecule has 0 bridgehead atoms. The van der Waals surface area contributed by atoms with Crippen molar-refractivity contribution >= 4 is 0 Å². The second kappa shape index (κ2) is 3.17. The van der Waals surface area contributed by atoms with Gasteiger partial charge in [0.2, 0.25) is 0 Å². The van der Waals surface area contributed by atoms with E-state index in [0.29, 0.717) is 5.82 Å². The van der Waals surface area contributed by atoms with Gasteiger partial charge in [-0.05, 0) is 5.41 Å². The average molecular weight is 168 g/mol. The zero-order chi connectivity index (χ0) is 9.19. The molecule has 0 saturated heterocycles. The molecule has 0 spiro atoms. The first-order valence-corrected chi connectivity index (χ1v) is 3.94. The maximum absolute atomic E-state index is 12.4. The van der Waals surface area contributed by atoms with Crippen LogP contribution in [0.1, 0.15) is 26.6 Å². The summed E-state index contributed by atoms with van der Waals surface area (Å²) in [5.74, 6) is 0.316. The van der Waals surface area contributed by atoms with E-state index in [0.717, 1.165) is 6.42 Å². The van der Waals surface area contributed by atoms with E-state index in [1.807, 2.05) is 0 Å². The Morgan fingerprint density at radius 2 is 1.75 bits per heavy atom. The van der Waals surface area contributed by atoms with E-state index in [-0.39, 0.29) is 11.2 Å². The predicted molar refractivity (Wildman–Crippen MR) is 45.1 cm³/mol. The lowest BCUT2D eigenvalue weighted by molar-refractivity contribution is 0.399. The van der Waals surface area contributed by atoms with Gasteiger partial charge in [0, 0.05) is 6.42 Å². The Bertz CT molecular complexity index is 248. The summed E-state index contributed by atoms with van der Waals surface area (Å²) in [7, 11) is 0. The number of hydrogen-bond acceptors (Lipinski definition) is 2. The Morgan fingerprint density at radius 3 is 2.17 bits per heavy atom. The maximum Gasteiger partial charge on any atom is 0.159 e. The number of hydrogen-bond donors (Lipinski definition) is 0. The van der Waals surface area contributed by atoms with Gasteiger partial charge in [0.05, 0.1) is 12.4 Å². The van der Waals surface area contributed by atoms with Crippen LogP contribution in [0.5, 0.6) is 0 Å². The normalized spacial score (nSPS) is 11.7. The summed E-state index contributed by atoms with van der Waals surface area (Å²) in [6.07, 6.45) is 3.18. The average Bonchev–Trinajstić information content (AvgIpc) is 1.91. The van der Waals surface area contributed by atoms with Gasteiger partial charge in [-0.1, -0.05) is 20.8 Å². The summed E-state index contributed by atoms with van der Waals surface area (Å²) in [6.45, 7) is 6.29. The molecule has 66 valence electrons. The molecule has 0 aromatic carbocycles. The number of nitrogens with zero attached hydrogens (tertiary/aromatic N) is 2. The van der Waals surface area contributed by atoms with Crippen LogP contribution in [0.25, 0.3) is 0 Å². The molecule has 1 aromatic rings. The molecule has 1 heterocycles. The van der Waals surface area contributed by atoms with E-state index in [9.17, 15) is 4.39 Å². The van der Waals surface area contributed by atoms with E-state index >= 15 is 0 Å². The minimum absolute atomic E-state index is 0.151. The quantitative estimate of drug-likeness (QED) is 0.642. The molecule has 0 amide bonds. The van der Waals surface area contributed by atoms with Crippen molar-refractivity contribution in [1.82, 2.24) is 9.97 Å². The van der Waals surface area contributed by atoms with Crippen molar-refractivity contribution in [3.8, 4) is 0 Å². The zero-order valence-electron chi connectivity index (χ0n) is 7.63. The van der Waals surface area contributed by atoms with Crippen LogP contribution in [0.15, 0.2) is 12.4 Å². The highest BCUT2D eigenvalue weighted by Gasteiger charge is 2.12. The van der Waals surface area contributed by atoms with Crippen LogP contribution >= 0.6 is 0 Å². The van der Waals surface area contributed by atoms with Crippen LogP contribution in [0.3, 0.4) is 0 Å². The lowest BCUT2D eigenvalue weighted by Crippen LogP contribution is -2.11. The van der Waals surface area contributed by atoms with Gasteiger partial charge in [-0.3, -0.25) is 0 Å². The Balaban J connectivity index is 2.71. The van der Waals surface area contributed by atoms with E-state index in [1.165, 1.54) is 12.4 Å². The van der Waals surface area contributed by atoms with Crippen LogP contribution in [0.2, 0.25) is 0 Å². The Kier molecular flexibility index (Phi) is 2.40. The molecule has 3 heteroatoms. The molecule has 0 atom stereocenters. The summed E-state index contributed by atoms with van der Waals surface area (Å²) in [5, 5.41) is 0. The molecule has 1 rings (SSSR count). The Labute approximate surface area is 71.9 Å². The zero-order valence-corrected chi connectivity index (χ0v) is 7.63. The van der Waals surface area contributed by atoms with Crippen molar-refractivity contribution in [2.45, 2.75) is 27.2 Å². The topological polar surface area (TPSA) is 25.8 Å². The van der Waals surface area contributed by atoms with Gasteiger partial charge in [-0.2, -0.15) is 0 Å². The van der Waals surface area contributed by atoms with Crippen LogP contribution < -0.4 is 0 Å². The molecule has 0 aliphatic carbocycles. The van der Waals surface area contributed by atoms with Crippen LogP contribution in [0, 0.1) is 11.2 Å². The molecule has 0 radical (unpaired) electrons. The molecule has 0 N–H and O–H groups in total. The van der Waals surface area contributed by atoms with Gasteiger partial charge in [-0.15, -0.1) is 0 Å². The fourth-order valence-corrected chi connectivity index (χ4v) is 0.905. The molecule has 12 heavy (non-hydrogen) atoms. The third-order valence-electron chi connectivity index (χ3n) is 1.36. The Morgan fingerprint density at radius 1 is 1.25 bits per heavy atom. The second-order valence-corrected chi connectivity index (χ2v) is 4.05. The summed E-state index contributed by atoms with van der Waals surface area (Å²) in [6, 6.07) is 0. The van der Waals surface area contributed by atoms with Crippen molar-refractivity contribution in [3.63, 3.8) is 0 Å². The standard InChI is InChI=1S/C9H13FN2/c1-9(2,3)4-8-11-5-7(10)6-12-8/h5-6H,4H2,1-3H3. The Hall–Kier alpha value is -0.990. The van der Waals surface area contributed by atoms with E-state index < -0.39 is 0 Å². The van der Waals surface area contributed by atoms with Crippen molar-refractivity contribution in [2.24, 2.45) is 5.41 Å².